The Morgan fingerprint density at radius 2 is 1.34 bits per heavy atom. The minimum atomic E-state index is -1.90. The number of esters is 1. The number of aromatic nitrogens is 1. The van der Waals surface area contributed by atoms with E-state index in [9.17, 15) is 43.5 Å². The van der Waals surface area contributed by atoms with E-state index in [0.29, 0.717) is 30.9 Å². The molecule has 8 atom stereocenters. The third-order valence-electron chi connectivity index (χ3n) is 22.5. The van der Waals surface area contributed by atoms with Crippen LogP contribution in [0.2, 0.25) is 5.02 Å². The molecule has 0 radical (unpaired) electrons. The second-order valence-electron chi connectivity index (χ2n) is 30.0. The maximum atomic E-state index is 14.5. The molecule has 27 nitrogen and oxygen atoms in total. The Bertz CT molecular complexity index is 4710. The first kappa shape index (κ1) is 83.8. The fourth-order valence-electron chi connectivity index (χ4n) is 15.7. The number of aryl methyl sites for hydroxylation is 1. The van der Waals surface area contributed by atoms with Crippen LogP contribution in [0.4, 0.5) is 20.1 Å². The molecule has 5 aliphatic rings. The number of aliphatic hydroxyl groups is 1. The van der Waals surface area contributed by atoms with E-state index in [1.54, 1.807) is 64.3 Å². The molecule has 115 heavy (non-hydrogen) atoms. The van der Waals surface area contributed by atoms with E-state index in [4.69, 9.17) is 54.2 Å². The number of hydrogen-bond donors (Lipinski definition) is 4. The van der Waals surface area contributed by atoms with Crippen LogP contribution in [0.25, 0.3) is 33.2 Å². The van der Waals surface area contributed by atoms with Crippen molar-refractivity contribution in [3.8, 4) is 28.0 Å². The lowest BCUT2D eigenvalue weighted by Crippen LogP contribution is -2.63. The number of halogens is 1. The number of rotatable bonds is 29. The molecule has 0 spiro atoms. The van der Waals surface area contributed by atoms with Gasteiger partial charge in [-0.05, 0) is 107 Å². The monoisotopic (exact) mass is 1600 g/mol. The number of methoxy groups -OCH3 is 2. The predicted octanol–water partition coefficient (Wildman–Crippen LogP) is 10.7. The Kier molecular flexibility index (Phi) is 27.2. The molecule has 2 aliphatic carbocycles. The Balaban J connectivity index is 0.608. The van der Waals surface area contributed by atoms with Crippen LogP contribution in [-0.4, -0.2) is 227 Å². The molecule has 3 aliphatic heterocycles. The Morgan fingerprint density at radius 3 is 1.97 bits per heavy atom. The van der Waals surface area contributed by atoms with Gasteiger partial charge in [-0.25, -0.2) is 29.2 Å². The first-order valence-electron chi connectivity index (χ1n) is 38.8. The molecule has 2 saturated heterocycles. The van der Waals surface area contributed by atoms with Gasteiger partial charge in [0.1, 0.15) is 60.5 Å². The van der Waals surface area contributed by atoms with Gasteiger partial charge in [0.15, 0.2) is 5.72 Å². The van der Waals surface area contributed by atoms with Crippen LogP contribution in [-0.2, 0) is 81.4 Å². The molecule has 0 saturated carbocycles. The molecule has 1 unspecified atom stereocenters. The fraction of sp³-hybridized carbons (Fsp3) is 0.425. The molecule has 4 bridgehead atoms. The topological polar surface area (TPSA) is 300 Å². The van der Waals surface area contributed by atoms with E-state index in [0.717, 1.165) is 72.2 Å². The van der Waals surface area contributed by atoms with Gasteiger partial charge in [-0.1, -0.05) is 158 Å². The molecule has 610 valence electrons. The van der Waals surface area contributed by atoms with Crippen LogP contribution >= 0.6 is 11.6 Å². The summed E-state index contributed by atoms with van der Waals surface area (Å²) in [7, 11) is 9.35. The smallest absolute Gasteiger partial charge is 0.424 e. The van der Waals surface area contributed by atoms with Crippen molar-refractivity contribution in [1.29, 1.82) is 0 Å². The Hall–Kier alpha value is -10.7. The number of carbonyl (C=O) groups excluding carboxylic acids is 8. The highest BCUT2D eigenvalue weighted by Crippen LogP contribution is 2.50. The zero-order chi connectivity index (χ0) is 81.8. The number of carbonyl (C=O) groups is 8. The summed E-state index contributed by atoms with van der Waals surface area (Å²) in [4.78, 5) is 115. The molecule has 6 aromatic carbocycles. The summed E-state index contributed by atoms with van der Waals surface area (Å²) in [5.41, 5.74) is 9.18. The summed E-state index contributed by atoms with van der Waals surface area (Å²) in [6.07, 6.45) is -1.02. The minimum Gasteiger partial charge on any atom is -0.495 e. The number of hydrazine groups is 1. The highest BCUT2D eigenvalue weighted by molar-refractivity contribution is 6.35. The summed E-state index contributed by atoms with van der Waals surface area (Å²) in [5.74, 6) is -3.20. The molecule has 7 amide bonds. The quantitative estimate of drug-likeness (QED) is 0.0111. The van der Waals surface area contributed by atoms with Crippen LogP contribution in [0.15, 0.2) is 163 Å². The fourth-order valence-corrected chi connectivity index (χ4v) is 16.1. The maximum absolute atomic E-state index is 14.5. The lowest BCUT2D eigenvalue weighted by Gasteiger charge is -2.42. The first-order valence-corrected chi connectivity index (χ1v) is 39.2. The van der Waals surface area contributed by atoms with Crippen molar-refractivity contribution >= 4 is 76.1 Å². The first-order chi connectivity index (χ1) is 55.3. The van der Waals surface area contributed by atoms with Crippen molar-refractivity contribution in [2.45, 2.75) is 127 Å². The van der Waals surface area contributed by atoms with Crippen molar-refractivity contribution in [1.82, 2.24) is 40.3 Å². The summed E-state index contributed by atoms with van der Waals surface area (Å²) >= 11 is 6.88. The SMILES string of the molecule is COc1cc2cc(c1Cl)N(C)C(=O)C[C@H](OC(=O)[C@H](C)N(C)C(=O)CCOCCOCCNC(=O)CN(CCNC(=O)CCn1c(CN(C)N(C)C(=O)OCC3c4ccccc4-c4ccccc43)cc3ccccc31)C(=O)OCC1c3ccccc3-c3ccccc31)[C@]1(C)OC1[C@H](C)[C@@H]1C[C@@](O)(NC(=O)O1)[C@H](OC)/C=C/C=C(\C)C2. The summed E-state index contributed by atoms with van der Waals surface area (Å²) < 4.78 is 55.2. The highest BCUT2D eigenvalue weighted by atomic mass is 35.5. The normalized spacial score (nSPS) is 21.3. The zero-order valence-electron chi connectivity index (χ0n) is 66.6. The van der Waals surface area contributed by atoms with Gasteiger partial charge in [0, 0.05) is 103 Å². The van der Waals surface area contributed by atoms with Crippen LogP contribution < -0.4 is 25.6 Å². The average molecular weight is 1600 g/mol. The summed E-state index contributed by atoms with van der Waals surface area (Å²) in [5, 5.41) is 24.6. The predicted molar refractivity (Wildman–Crippen MR) is 431 cm³/mol. The lowest BCUT2D eigenvalue weighted by atomic mass is 9.83. The van der Waals surface area contributed by atoms with Gasteiger partial charge in [-0.15, -0.1) is 0 Å². The molecule has 2 fully saturated rings. The van der Waals surface area contributed by atoms with E-state index >= 15 is 0 Å². The standard InChI is InChI=1S/C87H102ClN9O18/c1-54-22-21-33-74(108-10)87(106)49-73(113-83(103)91-87)55(2)81-86(4,115-81)75(48-79(101)94(7)71-45-57(44-54)46-72(107-9)80(71)88)114-82(102)56(3)93(6)78(100)35-40-109-42-43-110-41-37-90-77(99)51-96(85(105)112-53-69-66-30-18-14-26-62(66)63-27-15-19-31-67(63)69)39-36-89-76(98)34-38-97-59(47-58-23-11-20-32-70(58)97)50-92(5)95(8)84(104)111-52-68-64-28-16-12-24-60(64)61-25-13-17-29-65(61)68/h11-33,45-47,55-56,68-69,73-75,81,106H,34-44,48-53H2,1-10H3,(H,89,98)(H,90,99)(H,91,103)/b33-21+,54-22+/t55-,56+,73+,74-,75+,81?,86+,87+/m1/s1. The minimum absolute atomic E-state index is 0.00487. The number of hydrogen-bond acceptors (Lipinski definition) is 19. The van der Waals surface area contributed by atoms with Gasteiger partial charge in [0.2, 0.25) is 23.6 Å². The number of allylic oxidation sites excluding steroid dienone is 3. The number of nitrogens with zero attached hydrogens (tertiary/aromatic N) is 6. The molecule has 7 aromatic rings. The van der Waals surface area contributed by atoms with Crippen molar-refractivity contribution in [3.63, 3.8) is 0 Å². The number of para-hydroxylation sites is 1. The number of anilines is 1. The van der Waals surface area contributed by atoms with Gasteiger partial charge < -0.3 is 72.7 Å². The number of alkyl carbamates (subject to hydrolysis) is 1. The van der Waals surface area contributed by atoms with Crippen molar-refractivity contribution in [3.05, 3.63) is 202 Å². The van der Waals surface area contributed by atoms with Gasteiger partial charge >= 0.3 is 24.2 Å². The average Bonchev–Trinajstić information content (AvgIpc) is 1.57. The van der Waals surface area contributed by atoms with Crippen molar-refractivity contribution in [2.75, 3.05) is 113 Å². The summed E-state index contributed by atoms with van der Waals surface area (Å²) in [6.45, 7) is 7.47. The second-order valence-corrected chi connectivity index (χ2v) is 30.4. The molecular formula is C87H102ClN9O18. The van der Waals surface area contributed by atoms with Crippen LogP contribution in [0.3, 0.4) is 0 Å². The molecule has 1 aromatic heterocycles. The molecular weight excluding hydrogens is 1490 g/mol. The van der Waals surface area contributed by atoms with E-state index < -0.39 is 103 Å². The third-order valence-corrected chi connectivity index (χ3v) is 22.9. The van der Waals surface area contributed by atoms with E-state index in [2.05, 4.69) is 44.8 Å². The van der Waals surface area contributed by atoms with Crippen LogP contribution in [0.5, 0.6) is 5.75 Å². The van der Waals surface area contributed by atoms with E-state index in [1.165, 1.54) is 47.9 Å². The molecule has 4 heterocycles. The summed E-state index contributed by atoms with van der Waals surface area (Å²) in [6, 6.07) is 44.6. The van der Waals surface area contributed by atoms with E-state index in [-0.39, 0.29) is 101 Å². The number of ether oxygens (including phenoxy) is 9. The molecule has 4 N–H and O–H groups in total. The van der Waals surface area contributed by atoms with Gasteiger partial charge in [-0.2, -0.15) is 0 Å². The maximum Gasteiger partial charge on any atom is 0.424 e. The van der Waals surface area contributed by atoms with E-state index in [1.807, 2.05) is 116 Å². The molecule has 28 heteroatoms. The Morgan fingerprint density at radius 1 is 0.748 bits per heavy atom. The number of epoxide rings is 1. The second kappa shape index (κ2) is 37.3. The third kappa shape index (κ3) is 19.3. The molecule has 12 rings (SSSR count). The van der Waals surface area contributed by atoms with Crippen LogP contribution in [0.1, 0.15) is 98.7 Å². The largest absolute Gasteiger partial charge is 0.495 e. The highest BCUT2D eigenvalue weighted by Gasteiger charge is 2.65. The van der Waals surface area contributed by atoms with Crippen LogP contribution in [0, 0.1) is 5.92 Å². The Labute approximate surface area is 674 Å². The lowest BCUT2D eigenvalue weighted by molar-refractivity contribution is -0.162. The van der Waals surface area contributed by atoms with Gasteiger partial charge in [0.25, 0.3) is 0 Å². The van der Waals surface area contributed by atoms with Crippen molar-refractivity contribution < 1.29 is 86.1 Å². The van der Waals surface area contributed by atoms with Gasteiger partial charge in [-0.3, -0.25) is 29.4 Å². The number of amides is 7. The van der Waals surface area contributed by atoms with Gasteiger partial charge in [0.05, 0.1) is 64.7 Å². The number of fused-ring (bicyclic) bond motifs is 12. The number of nitrogens with one attached hydrogen (secondary N) is 3. The number of likely N-dealkylation sites (N-methyl/N-ethyl adjacent to an activating group) is 1. The van der Waals surface area contributed by atoms with Crippen molar-refractivity contribution in [2.24, 2.45) is 5.92 Å². The zero-order valence-corrected chi connectivity index (χ0v) is 67.4. The number of benzene rings is 6.